The summed E-state index contributed by atoms with van der Waals surface area (Å²) >= 11 is 0. The van der Waals surface area contributed by atoms with Crippen LogP contribution in [0.25, 0.3) is 0 Å². The first-order valence-electron chi connectivity index (χ1n) is 9.37. The van der Waals surface area contributed by atoms with Crippen LogP contribution in [0.3, 0.4) is 0 Å². The van der Waals surface area contributed by atoms with Gasteiger partial charge in [-0.2, -0.15) is 4.98 Å². The molecular weight excluding hydrogens is 328 g/mol. The van der Waals surface area contributed by atoms with Gasteiger partial charge in [-0.05, 0) is 30.5 Å². The minimum atomic E-state index is 0.414. The number of ether oxygens (including phenoxy) is 2. The van der Waals surface area contributed by atoms with E-state index in [1.165, 1.54) is 0 Å². The lowest BCUT2D eigenvalue weighted by atomic mass is 10.2. The number of rotatable bonds is 12. The van der Waals surface area contributed by atoms with E-state index in [2.05, 4.69) is 34.4 Å². The quantitative estimate of drug-likeness (QED) is 0.545. The van der Waals surface area contributed by atoms with Crippen LogP contribution in [0.1, 0.15) is 45.1 Å². The van der Waals surface area contributed by atoms with Gasteiger partial charge in [-0.15, -0.1) is 0 Å². The monoisotopic (exact) mass is 358 g/mol. The number of hydrogen-bond donors (Lipinski definition) is 2. The fourth-order valence-corrected chi connectivity index (χ4v) is 2.34. The van der Waals surface area contributed by atoms with Gasteiger partial charge in [0.15, 0.2) is 5.82 Å². The smallest absolute Gasteiger partial charge is 0.318 e. The van der Waals surface area contributed by atoms with Crippen molar-refractivity contribution in [3.63, 3.8) is 0 Å². The number of hydrogen-bond acceptors (Lipinski definition) is 6. The minimum absolute atomic E-state index is 0.414. The second-order valence-electron chi connectivity index (χ2n) is 6.10. The van der Waals surface area contributed by atoms with Crippen molar-refractivity contribution in [3.8, 4) is 11.8 Å². The zero-order valence-corrected chi connectivity index (χ0v) is 16.0. The Kier molecular flexibility index (Phi) is 8.52. The third-order valence-electron chi connectivity index (χ3n) is 3.96. The molecule has 6 nitrogen and oxygen atoms in total. The summed E-state index contributed by atoms with van der Waals surface area (Å²) in [4.78, 5) is 8.86. The molecule has 1 aromatic heterocycles. The van der Waals surface area contributed by atoms with Gasteiger partial charge in [0.1, 0.15) is 5.75 Å². The molecule has 1 heterocycles. The van der Waals surface area contributed by atoms with Crippen molar-refractivity contribution in [1.29, 1.82) is 0 Å². The topological polar surface area (TPSA) is 68.3 Å². The lowest BCUT2D eigenvalue weighted by Gasteiger charge is -2.14. The summed E-state index contributed by atoms with van der Waals surface area (Å²) in [6, 6.07) is 8.40. The Morgan fingerprint density at radius 1 is 1.00 bits per heavy atom. The predicted octanol–water partition coefficient (Wildman–Crippen LogP) is 4.49. The van der Waals surface area contributed by atoms with Crippen molar-refractivity contribution >= 4 is 11.5 Å². The van der Waals surface area contributed by atoms with E-state index in [0.29, 0.717) is 19.2 Å². The fourth-order valence-electron chi connectivity index (χ4n) is 2.34. The first kappa shape index (κ1) is 19.8. The van der Waals surface area contributed by atoms with Crippen LogP contribution >= 0.6 is 0 Å². The third-order valence-corrected chi connectivity index (χ3v) is 3.96. The van der Waals surface area contributed by atoms with Crippen molar-refractivity contribution < 1.29 is 9.47 Å². The second kappa shape index (κ2) is 11.2. The number of unbranched alkanes of at least 4 members (excludes halogenated alkanes) is 2. The Morgan fingerprint density at radius 2 is 1.77 bits per heavy atom. The van der Waals surface area contributed by atoms with Crippen molar-refractivity contribution in [2.75, 3.05) is 30.9 Å². The molecule has 0 saturated heterocycles. The molecule has 0 amide bonds. The number of methoxy groups -OCH3 is 1. The molecule has 0 aliphatic carbocycles. The third kappa shape index (κ3) is 6.43. The van der Waals surface area contributed by atoms with Crippen molar-refractivity contribution in [3.05, 3.63) is 36.0 Å². The molecule has 142 valence electrons. The number of nitrogens with zero attached hydrogens (tertiary/aromatic N) is 2. The highest BCUT2D eigenvalue weighted by Gasteiger charge is 2.08. The van der Waals surface area contributed by atoms with Gasteiger partial charge in [-0.1, -0.05) is 38.8 Å². The molecule has 0 unspecified atom stereocenters. The average molecular weight is 358 g/mol. The maximum absolute atomic E-state index is 5.64. The predicted molar refractivity (Wildman–Crippen MR) is 106 cm³/mol. The van der Waals surface area contributed by atoms with Crippen LogP contribution in [0.15, 0.2) is 30.5 Å². The van der Waals surface area contributed by atoms with Crippen LogP contribution < -0.4 is 20.1 Å². The Bertz CT molecular complexity index is 647. The molecular formula is C20H30N4O2. The number of nitrogens with one attached hydrogen (secondary N) is 2. The minimum Gasteiger partial charge on any atom is -0.497 e. The fraction of sp³-hybridized carbons (Fsp3) is 0.500. The average Bonchev–Trinajstić information content (AvgIpc) is 2.68. The maximum atomic E-state index is 5.64. The Labute approximate surface area is 156 Å². The molecule has 0 bridgehead atoms. The maximum Gasteiger partial charge on any atom is 0.318 e. The van der Waals surface area contributed by atoms with Crippen LogP contribution in [-0.2, 0) is 6.54 Å². The molecule has 6 heteroatoms. The summed E-state index contributed by atoms with van der Waals surface area (Å²) in [7, 11) is 1.67. The summed E-state index contributed by atoms with van der Waals surface area (Å²) < 4.78 is 10.8. The molecule has 0 aliphatic heterocycles. The Morgan fingerprint density at radius 3 is 2.46 bits per heavy atom. The number of aromatic nitrogens is 2. The zero-order valence-electron chi connectivity index (χ0n) is 16.0. The first-order chi connectivity index (χ1) is 12.8. The second-order valence-corrected chi connectivity index (χ2v) is 6.10. The van der Waals surface area contributed by atoms with Gasteiger partial charge >= 0.3 is 6.01 Å². The van der Waals surface area contributed by atoms with Crippen LogP contribution in [0, 0.1) is 0 Å². The van der Waals surface area contributed by atoms with Gasteiger partial charge < -0.3 is 20.1 Å². The molecule has 0 radical (unpaired) electrons. The van der Waals surface area contributed by atoms with E-state index in [4.69, 9.17) is 9.47 Å². The molecule has 1 aromatic carbocycles. The van der Waals surface area contributed by atoms with Crippen molar-refractivity contribution in [2.24, 2.45) is 0 Å². The highest BCUT2D eigenvalue weighted by Crippen LogP contribution is 2.22. The SMILES string of the molecule is CCCCNc1cnc(OCCCC)nc1NCc1ccc(OC)cc1. The molecule has 2 N–H and O–H groups in total. The highest BCUT2D eigenvalue weighted by molar-refractivity contribution is 5.63. The van der Waals surface area contributed by atoms with E-state index in [1.54, 1.807) is 13.3 Å². The van der Waals surface area contributed by atoms with E-state index in [-0.39, 0.29) is 0 Å². The Hall–Kier alpha value is -2.50. The lowest BCUT2D eigenvalue weighted by Crippen LogP contribution is -2.10. The lowest BCUT2D eigenvalue weighted by molar-refractivity contribution is 0.286. The number of benzene rings is 1. The van der Waals surface area contributed by atoms with Crippen molar-refractivity contribution in [1.82, 2.24) is 9.97 Å². The first-order valence-corrected chi connectivity index (χ1v) is 9.37. The van der Waals surface area contributed by atoms with E-state index in [9.17, 15) is 0 Å². The summed E-state index contributed by atoms with van der Waals surface area (Å²) in [6.07, 6.45) is 6.11. The molecule has 0 spiro atoms. The van der Waals surface area contributed by atoms with E-state index < -0.39 is 0 Å². The molecule has 0 saturated carbocycles. The van der Waals surface area contributed by atoms with Crippen LogP contribution in [0.5, 0.6) is 11.8 Å². The summed E-state index contributed by atoms with van der Waals surface area (Å²) in [5.41, 5.74) is 2.05. The van der Waals surface area contributed by atoms with Crippen molar-refractivity contribution in [2.45, 2.75) is 46.1 Å². The van der Waals surface area contributed by atoms with Gasteiger partial charge in [0.25, 0.3) is 0 Å². The highest BCUT2D eigenvalue weighted by atomic mass is 16.5. The standard InChI is InChI=1S/C20H30N4O2/c1-4-6-12-21-18-15-23-20(26-13-7-5-2)24-19(18)22-14-16-8-10-17(25-3)11-9-16/h8-11,15,21H,4-7,12-14H2,1-3H3,(H,22,23,24). The summed E-state index contributed by atoms with van der Waals surface area (Å²) in [5.74, 6) is 1.61. The molecule has 2 rings (SSSR count). The molecule has 0 atom stereocenters. The Balaban J connectivity index is 2.05. The van der Waals surface area contributed by atoms with Crippen LogP contribution in [0.4, 0.5) is 11.5 Å². The van der Waals surface area contributed by atoms with Crippen LogP contribution in [-0.4, -0.2) is 30.2 Å². The molecule has 0 aliphatic rings. The normalized spacial score (nSPS) is 10.4. The van der Waals surface area contributed by atoms with Gasteiger partial charge in [0, 0.05) is 13.1 Å². The molecule has 26 heavy (non-hydrogen) atoms. The van der Waals surface area contributed by atoms with Gasteiger partial charge in [0.2, 0.25) is 0 Å². The molecule has 2 aromatic rings. The van der Waals surface area contributed by atoms with E-state index in [1.807, 2.05) is 24.3 Å². The largest absolute Gasteiger partial charge is 0.497 e. The summed E-state index contributed by atoms with van der Waals surface area (Å²) in [6.45, 7) is 6.50. The number of anilines is 2. The van der Waals surface area contributed by atoms with Gasteiger partial charge in [-0.25, -0.2) is 4.98 Å². The van der Waals surface area contributed by atoms with Gasteiger partial charge in [-0.3, -0.25) is 0 Å². The molecule has 0 fully saturated rings. The van der Waals surface area contributed by atoms with E-state index >= 15 is 0 Å². The summed E-state index contributed by atoms with van der Waals surface area (Å²) in [5, 5.41) is 6.79. The zero-order chi connectivity index (χ0) is 18.6. The van der Waals surface area contributed by atoms with Crippen LogP contribution in [0.2, 0.25) is 0 Å². The van der Waals surface area contributed by atoms with Gasteiger partial charge in [0.05, 0.1) is 25.6 Å². The van der Waals surface area contributed by atoms with E-state index in [0.717, 1.165) is 55.0 Å².